The number of amides is 8. The Labute approximate surface area is 478 Å². The van der Waals surface area contributed by atoms with Crippen LogP contribution in [-0.2, 0) is 19.1 Å². The minimum atomic E-state index is -1.48. The summed E-state index contributed by atoms with van der Waals surface area (Å²) in [5.41, 5.74) is 1.53. The Morgan fingerprint density at radius 2 is 1.47 bits per heavy atom. The van der Waals surface area contributed by atoms with E-state index < -0.39 is 66.1 Å². The van der Waals surface area contributed by atoms with Crippen molar-refractivity contribution in [1.29, 1.82) is 5.26 Å². The van der Waals surface area contributed by atoms with E-state index >= 15 is 0 Å². The van der Waals surface area contributed by atoms with Crippen molar-refractivity contribution < 1.29 is 52.9 Å². The number of fused-ring (bicyclic) bond motifs is 1. The van der Waals surface area contributed by atoms with Crippen molar-refractivity contribution in [3.05, 3.63) is 87.9 Å². The Hall–Kier alpha value is -7.44. The molecule has 1 unspecified atom stereocenters. The molecule has 1 aliphatic carbocycles. The Kier molecular flexibility index (Phi) is 17.6. The van der Waals surface area contributed by atoms with E-state index in [0.717, 1.165) is 71.6 Å². The van der Waals surface area contributed by atoms with Crippen LogP contribution in [-0.4, -0.2) is 168 Å². The molecule has 2 atom stereocenters. The highest BCUT2D eigenvalue weighted by Crippen LogP contribution is 2.55. The van der Waals surface area contributed by atoms with Crippen molar-refractivity contribution in [2.75, 3.05) is 75.4 Å². The van der Waals surface area contributed by atoms with Gasteiger partial charge in [-0.15, -0.1) is 0 Å². The standard InChI is InChI=1S/C59H75ClN10O11/c1-35(2)47(63-55(77)81-57(3,4)5)49(73)62-22-25-68(56(78)79)34-69-46(71)19-18-45(52(69)76)70-50(74)42-17-15-40(30-43(42)51(70)75)67-28-26-65(27-29-67)33-36-20-23-66(24-21-36)39-13-10-37(11-14-39)48(72)64-53-58(6,7)54(59(53,8)9)80-41-16-12-38(32-61)44(60)31-41/h10-17,30-31,35-36,45,47,53-54H,18-29,33-34H2,1-9H3,(H,62,73)(H,63,77)(H,64,72)(H,78,79)/t45?,47-,53?,54?/m0/s1. The van der Waals surface area contributed by atoms with Gasteiger partial charge in [0.1, 0.15) is 42.3 Å². The number of hydrogen-bond acceptors (Lipinski definition) is 14. The fourth-order valence-corrected chi connectivity index (χ4v) is 12.5. The molecule has 3 saturated heterocycles. The molecule has 8 rings (SSSR count). The van der Waals surface area contributed by atoms with Gasteiger partial charge in [-0.05, 0) is 106 Å². The van der Waals surface area contributed by atoms with E-state index in [9.17, 15) is 48.7 Å². The molecule has 81 heavy (non-hydrogen) atoms. The molecule has 0 bridgehead atoms. The third-order valence-corrected chi connectivity index (χ3v) is 16.7. The summed E-state index contributed by atoms with van der Waals surface area (Å²) < 4.78 is 11.7. The number of nitrogens with one attached hydrogen (secondary N) is 3. The van der Waals surface area contributed by atoms with E-state index in [1.165, 1.54) is 0 Å². The Bertz CT molecular complexity index is 2960. The molecule has 1 saturated carbocycles. The van der Waals surface area contributed by atoms with Gasteiger partial charge in [-0.3, -0.25) is 48.4 Å². The Balaban J connectivity index is 0.781. The molecule has 4 aliphatic heterocycles. The number of ether oxygens (including phenoxy) is 2. The number of hydrogen-bond donors (Lipinski definition) is 4. The molecule has 3 aromatic carbocycles. The van der Waals surface area contributed by atoms with Crippen LogP contribution < -0.4 is 30.5 Å². The number of halogens is 1. The number of alkyl carbamates (subject to hydrolysis) is 1. The zero-order chi connectivity index (χ0) is 58.9. The third kappa shape index (κ3) is 13.0. The second kappa shape index (κ2) is 23.9. The number of imide groups is 2. The average molecular weight is 1140 g/mol. The summed E-state index contributed by atoms with van der Waals surface area (Å²) in [5, 5.41) is 28.1. The molecule has 434 valence electrons. The maximum absolute atomic E-state index is 14.0. The van der Waals surface area contributed by atoms with Gasteiger partial charge in [-0.2, -0.15) is 5.26 Å². The lowest BCUT2D eigenvalue weighted by Crippen LogP contribution is -2.74. The summed E-state index contributed by atoms with van der Waals surface area (Å²) in [6.45, 7) is 21.3. The highest BCUT2D eigenvalue weighted by atomic mass is 35.5. The maximum atomic E-state index is 14.0. The molecule has 4 fully saturated rings. The first-order valence-corrected chi connectivity index (χ1v) is 28.2. The Morgan fingerprint density at radius 1 is 0.840 bits per heavy atom. The van der Waals surface area contributed by atoms with Crippen LogP contribution in [0.3, 0.4) is 0 Å². The summed E-state index contributed by atoms with van der Waals surface area (Å²) in [6.07, 6.45) is -0.781. The molecule has 22 heteroatoms. The van der Waals surface area contributed by atoms with E-state index in [2.05, 4.69) is 64.4 Å². The lowest BCUT2D eigenvalue weighted by atomic mass is 9.49. The number of nitriles is 1. The average Bonchev–Trinajstić information content (AvgIpc) is 2.77. The van der Waals surface area contributed by atoms with Gasteiger partial charge in [0.25, 0.3) is 23.6 Å². The van der Waals surface area contributed by atoms with Crippen LogP contribution in [0.2, 0.25) is 5.02 Å². The number of carbonyl (C=O) groups is 8. The normalized spacial score (nSPS) is 21.4. The molecule has 0 aromatic heterocycles. The number of carboxylic acid groups (broad SMARTS) is 1. The fourth-order valence-electron chi connectivity index (χ4n) is 12.3. The van der Waals surface area contributed by atoms with E-state index in [0.29, 0.717) is 40.9 Å². The first kappa shape index (κ1) is 59.7. The second-order valence-electron chi connectivity index (χ2n) is 24.3. The monoisotopic (exact) mass is 1130 g/mol. The highest BCUT2D eigenvalue weighted by Gasteiger charge is 2.64. The summed E-state index contributed by atoms with van der Waals surface area (Å²) >= 11 is 6.27. The van der Waals surface area contributed by atoms with Gasteiger partial charge in [-0.25, -0.2) is 9.59 Å². The van der Waals surface area contributed by atoms with E-state index in [4.69, 9.17) is 21.1 Å². The number of anilines is 2. The molecule has 4 N–H and O–H groups in total. The number of piperazine rings is 1. The fraction of sp³-hybridized carbons (Fsp3) is 0.542. The smallest absolute Gasteiger partial charge is 0.408 e. The van der Waals surface area contributed by atoms with Crippen molar-refractivity contribution >= 4 is 70.6 Å². The van der Waals surface area contributed by atoms with Gasteiger partial charge < -0.3 is 40.3 Å². The zero-order valence-electron chi connectivity index (χ0n) is 47.7. The van der Waals surface area contributed by atoms with Crippen molar-refractivity contribution in [1.82, 2.24) is 35.6 Å². The van der Waals surface area contributed by atoms with Gasteiger partial charge in [0.05, 0.1) is 21.7 Å². The van der Waals surface area contributed by atoms with Gasteiger partial charge >= 0.3 is 12.2 Å². The zero-order valence-corrected chi connectivity index (χ0v) is 48.4. The summed E-state index contributed by atoms with van der Waals surface area (Å²) in [6, 6.07) is 17.5. The molecule has 4 heterocycles. The summed E-state index contributed by atoms with van der Waals surface area (Å²) in [5.74, 6) is -2.89. The lowest BCUT2D eigenvalue weighted by Gasteiger charge is -2.63. The van der Waals surface area contributed by atoms with Crippen LogP contribution in [0, 0.1) is 34.0 Å². The Morgan fingerprint density at radius 3 is 2.07 bits per heavy atom. The quantitative estimate of drug-likeness (QED) is 0.104. The van der Waals surface area contributed by atoms with Crippen LogP contribution >= 0.6 is 11.6 Å². The van der Waals surface area contributed by atoms with Crippen molar-refractivity contribution in [3.8, 4) is 11.8 Å². The minimum Gasteiger partial charge on any atom is -0.489 e. The summed E-state index contributed by atoms with van der Waals surface area (Å²) in [4.78, 5) is 116. The highest BCUT2D eigenvalue weighted by molar-refractivity contribution is 6.31. The van der Waals surface area contributed by atoms with Crippen molar-refractivity contribution in [2.24, 2.45) is 22.7 Å². The number of benzene rings is 3. The summed E-state index contributed by atoms with van der Waals surface area (Å²) in [7, 11) is 0. The van der Waals surface area contributed by atoms with Crippen LogP contribution in [0.1, 0.15) is 125 Å². The second-order valence-corrected chi connectivity index (χ2v) is 24.7. The number of carbonyl (C=O) groups excluding carboxylic acids is 7. The van der Waals surface area contributed by atoms with Crippen LogP contribution in [0.25, 0.3) is 0 Å². The topological polar surface area (TPSA) is 255 Å². The van der Waals surface area contributed by atoms with E-state index in [1.54, 1.807) is 71.0 Å². The molecule has 0 radical (unpaired) electrons. The minimum absolute atomic E-state index is 0.122. The first-order chi connectivity index (χ1) is 38.2. The first-order valence-electron chi connectivity index (χ1n) is 27.8. The lowest BCUT2D eigenvalue weighted by molar-refractivity contribution is -0.164. The van der Waals surface area contributed by atoms with Crippen LogP contribution in [0.4, 0.5) is 21.0 Å². The van der Waals surface area contributed by atoms with Crippen LogP contribution in [0.15, 0.2) is 60.7 Å². The van der Waals surface area contributed by atoms with Gasteiger partial charge in [0.15, 0.2) is 0 Å². The predicted molar refractivity (Wildman–Crippen MR) is 302 cm³/mol. The number of likely N-dealkylation sites (tertiary alicyclic amines) is 1. The predicted octanol–water partition coefficient (Wildman–Crippen LogP) is 6.58. The third-order valence-electron chi connectivity index (χ3n) is 16.4. The van der Waals surface area contributed by atoms with Gasteiger partial charge in [0.2, 0.25) is 11.8 Å². The molecule has 5 aliphatic rings. The number of piperidine rings is 2. The molecular formula is C59H75ClN10O11. The van der Waals surface area contributed by atoms with Crippen LogP contribution in [0.5, 0.6) is 5.75 Å². The molecule has 8 amide bonds. The number of rotatable bonds is 17. The maximum Gasteiger partial charge on any atom is 0.408 e. The van der Waals surface area contributed by atoms with Crippen molar-refractivity contribution in [2.45, 2.75) is 118 Å². The number of nitrogens with zero attached hydrogens (tertiary/aromatic N) is 7. The SMILES string of the molecule is CC(C)[C@H](NC(=O)OC(C)(C)C)C(=O)NCCN(CN1C(=O)CCC(N2C(=O)c3ccc(N4CCN(CC5CCN(c6ccc(C(=O)NC7C(C)(C)C(Oc8ccc(C#N)c(Cl)c8)C7(C)C)cc6)CC5)CC4)cc3C2=O)C1=O)C(=O)O. The molecular weight excluding hydrogens is 1060 g/mol. The molecule has 3 aromatic rings. The van der Waals surface area contributed by atoms with E-state index in [1.807, 2.05) is 24.3 Å². The van der Waals surface area contributed by atoms with Gasteiger partial charge in [-0.1, -0.05) is 53.1 Å². The molecule has 0 spiro atoms. The largest absolute Gasteiger partial charge is 0.489 e. The van der Waals surface area contributed by atoms with Crippen molar-refractivity contribution in [3.63, 3.8) is 0 Å². The molecule has 21 nitrogen and oxygen atoms in total. The van der Waals surface area contributed by atoms with E-state index in [-0.39, 0.29) is 71.9 Å². The van der Waals surface area contributed by atoms with Gasteiger partial charge in [0, 0.05) is 105 Å².